The van der Waals surface area contributed by atoms with Crippen LogP contribution in [0.25, 0.3) is 0 Å². The van der Waals surface area contributed by atoms with E-state index in [0.717, 1.165) is 22.8 Å². The van der Waals surface area contributed by atoms with Crippen LogP contribution in [0.5, 0.6) is 5.75 Å². The Balaban J connectivity index is 1.77. The third-order valence-corrected chi connectivity index (χ3v) is 3.94. The average Bonchev–Trinajstić information content (AvgIpc) is 2.87. The van der Waals surface area contributed by atoms with Gasteiger partial charge < -0.3 is 9.15 Å². The molecule has 0 spiro atoms. The third-order valence-electron chi connectivity index (χ3n) is 2.63. The van der Waals surface area contributed by atoms with Crippen LogP contribution in [-0.2, 0) is 5.75 Å². The van der Waals surface area contributed by atoms with Gasteiger partial charge in [-0.15, -0.1) is 10.2 Å². The maximum Gasteiger partial charge on any atom is 0.276 e. The molecule has 0 N–H and O–H groups in total. The van der Waals surface area contributed by atoms with Crippen molar-refractivity contribution in [3.05, 3.63) is 35.2 Å². The lowest BCUT2D eigenvalue weighted by atomic mass is 10.1. The van der Waals surface area contributed by atoms with Gasteiger partial charge in [0.15, 0.2) is 0 Å². The van der Waals surface area contributed by atoms with E-state index in [2.05, 4.69) is 42.2 Å². The van der Waals surface area contributed by atoms with Gasteiger partial charge in [-0.2, -0.15) is 11.8 Å². The van der Waals surface area contributed by atoms with Gasteiger partial charge in [-0.05, 0) is 37.3 Å². The lowest BCUT2D eigenvalue weighted by Gasteiger charge is -2.08. The van der Waals surface area contributed by atoms with E-state index in [1.807, 2.05) is 6.26 Å². The molecule has 0 saturated heterocycles. The lowest BCUT2D eigenvalue weighted by Crippen LogP contribution is -2.01. The van der Waals surface area contributed by atoms with Gasteiger partial charge >= 0.3 is 0 Å². The first-order valence-electron chi connectivity index (χ1n) is 6.33. The van der Waals surface area contributed by atoms with Gasteiger partial charge in [-0.1, -0.05) is 23.9 Å². The highest BCUT2D eigenvalue weighted by atomic mass is 32.2. The highest BCUT2D eigenvalue weighted by Gasteiger charge is 2.06. The Kier molecular flexibility index (Phi) is 5.79. The van der Waals surface area contributed by atoms with Gasteiger partial charge in [-0.3, -0.25) is 0 Å². The molecule has 108 valence electrons. The summed E-state index contributed by atoms with van der Waals surface area (Å²) in [4.78, 5) is 0. The summed E-state index contributed by atoms with van der Waals surface area (Å²) >= 11 is 3.19. The van der Waals surface area contributed by atoms with Crippen molar-refractivity contribution in [3.63, 3.8) is 0 Å². The second-order valence-corrected chi connectivity index (χ2v) is 6.27. The molecule has 0 aliphatic heterocycles. The molecule has 1 aromatic heterocycles. The number of thioether (sulfide) groups is 2. The maximum atomic E-state index is 5.78. The van der Waals surface area contributed by atoms with Gasteiger partial charge in [0.25, 0.3) is 5.22 Å². The van der Waals surface area contributed by atoms with Crippen molar-refractivity contribution >= 4 is 23.5 Å². The van der Waals surface area contributed by atoms with E-state index < -0.39 is 0 Å². The molecule has 0 unspecified atom stereocenters. The van der Waals surface area contributed by atoms with Crippen LogP contribution >= 0.6 is 23.5 Å². The Morgan fingerprint density at radius 1 is 1.25 bits per heavy atom. The molecule has 0 saturated carbocycles. The quantitative estimate of drug-likeness (QED) is 0.574. The Labute approximate surface area is 127 Å². The topological polar surface area (TPSA) is 48.2 Å². The molecule has 0 atom stereocenters. The SMILES string of the molecule is CSCc1nnc(SCCOc2cc(C)ccc2C)o1. The smallest absolute Gasteiger partial charge is 0.276 e. The van der Waals surface area contributed by atoms with Crippen LogP contribution in [0.15, 0.2) is 27.8 Å². The zero-order chi connectivity index (χ0) is 14.4. The maximum absolute atomic E-state index is 5.78. The number of aryl methyl sites for hydroxylation is 2. The number of hydrogen-bond acceptors (Lipinski definition) is 6. The number of hydrogen-bond donors (Lipinski definition) is 0. The highest BCUT2D eigenvalue weighted by Crippen LogP contribution is 2.21. The Hall–Kier alpha value is -1.14. The zero-order valence-corrected chi connectivity index (χ0v) is 13.5. The van der Waals surface area contributed by atoms with E-state index in [1.165, 1.54) is 17.3 Å². The monoisotopic (exact) mass is 310 g/mol. The summed E-state index contributed by atoms with van der Waals surface area (Å²) in [6, 6.07) is 6.22. The fourth-order valence-corrected chi connectivity index (χ4v) is 2.58. The van der Waals surface area contributed by atoms with E-state index in [-0.39, 0.29) is 0 Å². The zero-order valence-electron chi connectivity index (χ0n) is 11.9. The first kappa shape index (κ1) is 15.3. The molecule has 0 radical (unpaired) electrons. The number of ether oxygens (including phenoxy) is 1. The van der Waals surface area contributed by atoms with E-state index in [9.17, 15) is 0 Å². The first-order chi connectivity index (χ1) is 9.69. The molecular formula is C14H18N2O2S2. The first-order valence-corrected chi connectivity index (χ1v) is 8.71. The van der Waals surface area contributed by atoms with Gasteiger partial charge in [-0.25, -0.2) is 0 Å². The predicted octanol–water partition coefficient (Wildman–Crippen LogP) is 3.72. The second-order valence-electron chi connectivity index (χ2n) is 4.36. The van der Waals surface area contributed by atoms with E-state index in [0.29, 0.717) is 17.7 Å². The van der Waals surface area contributed by atoms with Crippen molar-refractivity contribution in [3.8, 4) is 5.75 Å². The van der Waals surface area contributed by atoms with Crippen LogP contribution in [0, 0.1) is 13.8 Å². The number of rotatable bonds is 7. The summed E-state index contributed by atoms with van der Waals surface area (Å²) in [6.07, 6.45) is 2.01. The largest absolute Gasteiger partial charge is 0.492 e. The van der Waals surface area contributed by atoms with Crippen molar-refractivity contribution in [2.24, 2.45) is 0 Å². The molecule has 1 aromatic carbocycles. The lowest BCUT2D eigenvalue weighted by molar-refractivity contribution is 0.340. The van der Waals surface area contributed by atoms with Crippen LogP contribution in [-0.4, -0.2) is 28.8 Å². The minimum Gasteiger partial charge on any atom is -0.492 e. The molecule has 6 heteroatoms. The van der Waals surface area contributed by atoms with Crippen LogP contribution in [0.2, 0.25) is 0 Å². The summed E-state index contributed by atoms with van der Waals surface area (Å²) in [5.74, 6) is 3.16. The van der Waals surface area contributed by atoms with Crippen LogP contribution in [0.3, 0.4) is 0 Å². The molecule has 0 amide bonds. The highest BCUT2D eigenvalue weighted by molar-refractivity contribution is 7.99. The molecule has 2 rings (SSSR count). The summed E-state index contributed by atoms with van der Waals surface area (Å²) in [5, 5.41) is 8.57. The molecule has 2 aromatic rings. The summed E-state index contributed by atoms with van der Waals surface area (Å²) in [5.41, 5.74) is 2.36. The van der Waals surface area contributed by atoms with Crippen molar-refractivity contribution in [1.29, 1.82) is 0 Å². The molecule has 4 nitrogen and oxygen atoms in total. The van der Waals surface area contributed by atoms with E-state index >= 15 is 0 Å². The van der Waals surface area contributed by atoms with Crippen molar-refractivity contribution in [2.45, 2.75) is 24.8 Å². The van der Waals surface area contributed by atoms with Gasteiger partial charge in [0.1, 0.15) is 5.75 Å². The van der Waals surface area contributed by atoms with Gasteiger partial charge in [0.2, 0.25) is 5.89 Å². The van der Waals surface area contributed by atoms with Gasteiger partial charge in [0.05, 0.1) is 12.4 Å². The average molecular weight is 310 g/mol. The predicted molar refractivity (Wildman–Crippen MR) is 83.7 cm³/mol. The van der Waals surface area contributed by atoms with E-state index in [4.69, 9.17) is 9.15 Å². The minimum absolute atomic E-state index is 0.610. The van der Waals surface area contributed by atoms with Crippen molar-refractivity contribution < 1.29 is 9.15 Å². The molecule has 0 aliphatic rings. The Morgan fingerprint density at radius 2 is 2.10 bits per heavy atom. The Bertz CT molecular complexity index is 558. The number of aromatic nitrogens is 2. The summed E-state index contributed by atoms with van der Waals surface area (Å²) < 4.78 is 11.3. The fraction of sp³-hybridized carbons (Fsp3) is 0.429. The van der Waals surface area contributed by atoms with Gasteiger partial charge in [0, 0.05) is 5.75 Å². The Morgan fingerprint density at radius 3 is 2.90 bits per heavy atom. The molecular weight excluding hydrogens is 292 g/mol. The van der Waals surface area contributed by atoms with Crippen LogP contribution in [0.4, 0.5) is 0 Å². The van der Waals surface area contributed by atoms with E-state index in [1.54, 1.807) is 11.8 Å². The molecule has 0 bridgehead atoms. The minimum atomic E-state index is 0.610. The molecule has 0 aliphatic carbocycles. The van der Waals surface area contributed by atoms with Crippen LogP contribution in [0.1, 0.15) is 17.0 Å². The number of nitrogens with zero attached hydrogens (tertiary/aromatic N) is 2. The standard InChI is InChI=1S/C14H18N2O2S2/c1-10-4-5-11(2)12(8-10)17-6-7-20-14-16-15-13(18-14)9-19-3/h4-5,8H,6-7,9H2,1-3H3. The summed E-state index contributed by atoms with van der Waals surface area (Å²) in [6.45, 7) is 4.73. The fourth-order valence-electron chi connectivity index (χ4n) is 1.62. The molecule has 0 fully saturated rings. The van der Waals surface area contributed by atoms with Crippen molar-refractivity contribution in [1.82, 2.24) is 10.2 Å². The third kappa shape index (κ3) is 4.45. The normalized spacial score (nSPS) is 10.8. The summed E-state index contributed by atoms with van der Waals surface area (Å²) in [7, 11) is 0. The molecule has 1 heterocycles. The molecule has 20 heavy (non-hydrogen) atoms. The van der Waals surface area contributed by atoms with Crippen LogP contribution < -0.4 is 4.74 Å². The second kappa shape index (κ2) is 7.59. The number of benzene rings is 1. The van der Waals surface area contributed by atoms with Crippen molar-refractivity contribution in [2.75, 3.05) is 18.6 Å².